The Kier molecular flexibility index (Phi) is 3.31. The van der Waals surface area contributed by atoms with E-state index in [4.69, 9.17) is 16.2 Å². The highest BCUT2D eigenvalue weighted by atomic mass is 16.5. The van der Waals surface area contributed by atoms with E-state index in [0.717, 1.165) is 13.1 Å². The summed E-state index contributed by atoms with van der Waals surface area (Å²) in [6, 6.07) is -0.343. The van der Waals surface area contributed by atoms with Crippen LogP contribution < -0.4 is 11.5 Å². The predicted molar refractivity (Wildman–Crippen MR) is 44.5 cm³/mol. The lowest BCUT2D eigenvalue weighted by molar-refractivity contribution is 0.0377. The second-order valence-corrected chi connectivity index (χ2v) is 2.97. The Morgan fingerprint density at radius 2 is 2.25 bits per heavy atom. The number of amides is 2. The van der Waals surface area contributed by atoms with Gasteiger partial charge in [-0.05, 0) is 0 Å². The number of likely N-dealkylation sites (tertiary alicyclic amines) is 1. The minimum atomic E-state index is -0.343. The lowest BCUT2D eigenvalue weighted by Crippen LogP contribution is -2.53. The van der Waals surface area contributed by atoms with Gasteiger partial charge in [-0.3, -0.25) is 0 Å². The Labute approximate surface area is 71.6 Å². The second kappa shape index (κ2) is 4.27. The number of primary amides is 1. The van der Waals surface area contributed by atoms with Crippen molar-refractivity contribution in [1.29, 1.82) is 0 Å². The predicted octanol–water partition coefficient (Wildman–Crippen LogP) is -1.03. The Balaban J connectivity index is 1.98. The van der Waals surface area contributed by atoms with Crippen LogP contribution in [0.4, 0.5) is 4.79 Å². The van der Waals surface area contributed by atoms with Gasteiger partial charge in [0.15, 0.2) is 0 Å². The van der Waals surface area contributed by atoms with E-state index in [1.807, 2.05) is 0 Å². The molecule has 1 fully saturated rings. The Morgan fingerprint density at radius 3 is 2.75 bits per heavy atom. The van der Waals surface area contributed by atoms with Crippen molar-refractivity contribution in [2.45, 2.75) is 0 Å². The van der Waals surface area contributed by atoms with E-state index in [0.29, 0.717) is 25.7 Å². The molecule has 0 radical (unpaired) electrons. The first kappa shape index (κ1) is 9.28. The molecule has 1 rings (SSSR count). The number of ether oxygens (including phenoxy) is 1. The SMILES string of the molecule is NCCOCC1CN(C(N)=O)C1. The summed E-state index contributed by atoms with van der Waals surface area (Å²) in [6.07, 6.45) is 0. The molecular weight excluding hydrogens is 158 g/mol. The molecule has 0 aliphatic carbocycles. The summed E-state index contributed by atoms with van der Waals surface area (Å²) in [5, 5.41) is 0. The van der Waals surface area contributed by atoms with Crippen LogP contribution in [0, 0.1) is 5.92 Å². The first-order chi connectivity index (χ1) is 5.74. The maximum Gasteiger partial charge on any atom is 0.314 e. The van der Waals surface area contributed by atoms with Crippen molar-refractivity contribution in [2.24, 2.45) is 17.4 Å². The fourth-order valence-corrected chi connectivity index (χ4v) is 1.19. The Hall–Kier alpha value is -0.810. The molecule has 1 aliphatic rings. The smallest absolute Gasteiger partial charge is 0.314 e. The molecule has 1 saturated heterocycles. The van der Waals surface area contributed by atoms with Gasteiger partial charge >= 0.3 is 6.03 Å². The van der Waals surface area contributed by atoms with Crippen LogP contribution in [0.25, 0.3) is 0 Å². The zero-order chi connectivity index (χ0) is 8.97. The standard InChI is InChI=1S/C7H15N3O2/c8-1-2-12-5-6-3-10(4-6)7(9)11/h6H,1-5,8H2,(H2,9,11). The highest BCUT2D eigenvalue weighted by Crippen LogP contribution is 2.14. The van der Waals surface area contributed by atoms with Crippen LogP contribution in [0.2, 0.25) is 0 Å². The van der Waals surface area contributed by atoms with Gasteiger partial charge < -0.3 is 21.1 Å². The summed E-state index contributed by atoms with van der Waals surface area (Å²) < 4.78 is 5.21. The average molecular weight is 173 g/mol. The van der Waals surface area contributed by atoms with Gasteiger partial charge in [0.05, 0.1) is 13.2 Å². The van der Waals surface area contributed by atoms with Crippen LogP contribution in [-0.4, -0.2) is 43.8 Å². The molecule has 0 spiro atoms. The van der Waals surface area contributed by atoms with Crippen LogP contribution in [0.15, 0.2) is 0 Å². The Morgan fingerprint density at radius 1 is 1.58 bits per heavy atom. The van der Waals surface area contributed by atoms with Crippen LogP contribution in [0.5, 0.6) is 0 Å². The number of nitrogens with two attached hydrogens (primary N) is 2. The third kappa shape index (κ3) is 2.35. The van der Waals surface area contributed by atoms with Gasteiger partial charge in [0, 0.05) is 25.6 Å². The molecule has 0 aromatic heterocycles. The number of rotatable bonds is 4. The molecule has 0 saturated carbocycles. The van der Waals surface area contributed by atoms with E-state index in [9.17, 15) is 4.79 Å². The molecule has 5 heteroatoms. The Bertz CT molecular complexity index is 157. The molecule has 1 aliphatic heterocycles. The first-order valence-corrected chi connectivity index (χ1v) is 4.06. The zero-order valence-corrected chi connectivity index (χ0v) is 7.03. The minimum absolute atomic E-state index is 0.343. The van der Waals surface area contributed by atoms with E-state index in [1.165, 1.54) is 0 Å². The molecule has 0 aromatic rings. The molecule has 1 heterocycles. The third-order valence-electron chi connectivity index (χ3n) is 1.88. The quantitative estimate of drug-likeness (QED) is 0.533. The largest absolute Gasteiger partial charge is 0.380 e. The summed E-state index contributed by atoms with van der Waals surface area (Å²) in [5.74, 6) is 0.448. The highest BCUT2D eigenvalue weighted by molar-refractivity contribution is 5.72. The van der Waals surface area contributed by atoms with Crippen LogP contribution in [-0.2, 0) is 4.74 Å². The lowest BCUT2D eigenvalue weighted by Gasteiger charge is -2.37. The van der Waals surface area contributed by atoms with E-state index in [-0.39, 0.29) is 6.03 Å². The van der Waals surface area contributed by atoms with Gasteiger partial charge in [0.2, 0.25) is 0 Å². The van der Waals surface area contributed by atoms with Crippen LogP contribution >= 0.6 is 0 Å². The fourth-order valence-electron chi connectivity index (χ4n) is 1.19. The number of carbonyl (C=O) groups is 1. The molecule has 0 aromatic carbocycles. The second-order valence-electron chi connectivity index (χ2n) is 2.97. The summed E-state index contributed by atoms with van der Waals surface area (Å²) >= 11 is 0. The maximum absolute atomic E-state index is 10.5. The van der Waals surface area contributed by atoms with Crippen molar-refractivity contribution in [2.75, 3.05) is 32.8 Å². The highest BCUT2D eigenvalue weighted by Gasteiger charge is 2.28. The molecule has 12 heavy (non-hydrogen) atoms. The number of nitrogens with zero attached hydrogens (tertiary/aromatic N) is 1. The lowest BCUT2D eigenvalue weighted by atomic mass is 10.0. The molecular formula is C7H15N3O2. The van der Waals surface area contributed by atoms with Gasteiger partial charge in [-0.15, -0.1) is 0 Å². The van der Waals surface area contributed by atoms with Gasteiger partial charge in [0.1, 0.15) is 0 Å². The molecule has 2 amide bonds. The molecule has 4 N–H and O–H groups in total. The van der Waals surface area contributed by atoms with E-state index in [2.05, 4.69) is 0 Å². The zero-order valence-electron chi connectivity index (χ0n) is 7.03. The average Bonchev–Trinajstić information content (AvgIpc) is 1.93. The number of hydrogen-bond donors (Lipinski definition) is 2. The van der Waals surface area contributed by atoms with Crippen molar-refractivity contribution in [3.63, 3.8) is 0 Å². The minimum Gasteiger partial charge on any atom is -0.380 e. The van der Waals surface area contributed by atoms with Gasteiger partial charge in [-0.1, -0.05) is 0 Å². The van der Waals surface area contributed by atoms with Gasteiger partial charge in [0.25, 0.3) is 0 Å². The topological polar surface area (TPSA) is 81.6 Å². The van der Waals surface area contributed by atoms with Crippen molar-refractivity contribution < 1.29 is 9.53 Å². The summed E-state index contributed by atoms with van der Waals surface area (Å²) in [5.41, 5.74) is 10.3. The maximum atomic E-state index is 10.5. The van der Waals surface area contributed by atoms with Crippen molar-refractivity contribution in [1.82, 2.24) is 4.90 Å². The number of hydrogen-bond acceptors (Lipinski definition) is 3. The molecule has 0 atom stereocenters. The molecule has 0 bridgehead atoms. The van der Waals surface area contributed by atoms with E-state index in [1.54, 1.807) is 4.90 Å². The van der Waals surface area contributed by atoms with Gasteiger partial charge in [-0.2, -0.15) is 0 Å². The number of carbonyl (C=O) groups excluding carboxylic acids is 1. The summed E-state index contributed by atoms with van der Waals surface area (Å²) in [6.45, 7) is 3.26. The fraction of sp³-hybridized carbons (Fsp3) is 0.857. The number of urea groups is 1. The van der Waals surface area contributed by atoms with E-state index < -0.39 is 0 Å². The van der Waals surface area contributed by atoms with Crippen LogP contribution in [0.1, 0.15) is 0 Å². The molecule has 0 unspecified atom stereocenters. The normalized spacial score (nSPS) is 17.6. The third-order valence-corrected chi connectivity index (χ3v) is 1.88. The summed E-state index contributed by atoms with van der Waals surface area (Å²) in [4.78, 5) is 12.1. The van der Waals surface area contributed by atoms with Crippen molar-refractivity contribution >= 4 is 6.03 Å². The van der Waals surface area contributed by atoms with Gasteiger partial charge in [-0.25, -0.2) is 4.79 Å². The summed E-state index contributed by atoms with van der Waals surface area (Å²) in [7, 11) is 0. The van der Waals surface area contributed by atoms with Crippen LogP contribution in [0.3, 0.4) is 0 Å². The monoisotopic (exact) mass is 173 g/mol. The molecule has 5 nitrogen and oxygen atoms in total. The molecule has 70 valence electrons. The first-order valence-electron chi connectivity index (χ1n) is 4.06. The van der Waals surface area contributed by atoms with E-state index >= 15 is 0 Å². The van der Waals surface area contributed by atoms with Crippen molar-refractivity contribution in [3.05, 3.63) is 0 Å². The van der Waals surface area contributed by atoms with Crippen molar-refractivity contribution in [3.8, 4) is 0 Å².